The third kappa shape index (κ3) is 3.96. The Kier molecular flexibility index (Phi) is 5.62. The molecule has 1 heterocycles. The van der Waals surface area contributed by atoms with Gasteiger partial charge in [-0.3, -0.25) is 4.79 Å². The van der Waals surface area contributed by atoms with E-state index in [0.29, 0.717) is 38.4 Å². The molecule has 2 atom stereocenters. The van der Waals surface area contributed by atoms with Gasteiger partial charge in [0.1, 0.15) is 0 Å². The fourth-order valence-corrected chi connectivity index (χ4v) is 4.57. The molecule has 0 spiro atoms. The van der Waals surface area contributed by atoms with E-state index in [1.54, 1.807) is 6.92 Å². The smallest absolute Gasteiger partial charge is 0.223 e. The van der Waals surface area contributed by atoms with E-state index >= 15 is 0 Å². The predicted molar refractivity (Wildman–Crippen MR) is 82.1 cm³/mol. The average Bonchev–Trinajstić information content (AvgIpc) is 2.96. The first kappa shape index (κ1) is 16.7. The van der Waals surface area contributed by atoms with Crippen LogP contribution < -0.4 is 11.1 Å². The number of nitrogens with one attached hydrogen (secondary N) is 1. The second-order valence-electron chi connectivity index (χ2n) is 6.12. The van der Waals surface area contributed by atoms with Gasteiger partial charge in [-0.2, -0.15) is 0 Å². The van der Waals surface area contributed by atoms with Gasteiger partial charge in [-0.25, -0.2) is 12.7 Å². The number of nitrogens with zero attached hydrogens (tertiary/aromatic N) is 1. The predicted octanol–water partition coefficient (Wildman–Crippen LogP) is 0.292. The minimum absolute atomic E-state index is 0.0485. The lowest BCUT2D eigenvalue weighted by atomic mass is 9.94. The number of hydrogen-bond acceptors (Lipinski definition) is 4. The molecule has 2 fully saturated rings. The highest BCUT2D eigenvalue weighted by atomic mass is 32.2. The van der Waals surface area contributed by atoms with E-state index in [0.717, 1.165) is 19.3 Å². The van der Waals surface area contributed by atoms with Gasteiger partial charge in [0.25, 0.3) is 0 Å². The summed E-state index contributed by atoms with van der Waals surface area (Å²) in [6.07, 6.45) is 4.45. The third-order valence-corrected chi connectivity index (χ3v) is 6.74. The molecule has 0 bridgehead atoms. The number of amides is 1. The van der Waals surface area contributed by atoms with Crippen molar-refractivity contribution in [3.05, 3.63) is 0 Å². The van der Waals surface area contributed by atoms with E-state index < -0.39 is 10.0 Å². The van der Waals surface area contributed by atoms with E-state index in [1.165, 1.54) is 4.31 Å². The summed E-state index contributed by atoms with van der Waals surface area (Å²) in [5.41, 5.74) is 5.72. The molecule has 1 saturated carbocycles. The maximum absolute atomic E-state index is 12.3. The van der Waals surface area contributed by atoms with Crippen molar-refractivity contribution in [3.8, 4) is 0 Å². The molecule has 0 aromatic heterocycles. The molecule has 2 rings (SSSR count). The Morgan fingerprint density at radius 2 is 1.90 bits per heavy atom. The van der Waals surface area contributed by atoms with Gasteiger partial charge in [-0.05, 0) is 45.1 Å². The van der Waals surface area contributed by atoms with E-state index in [4.69, 9.17) is 5.73 Å². The zero-order valence-corrected chi connectivity index (χ0v) is 13.6. The van der Waals surface area contributed by atoms with Gasteiger partial charge in [0.2, 0.25) is 15.9 Å². The molecule has 0 radical (unpaired) electrons. The van der Waals surface area contributed by atoms with Crippen LogP contribution in [-0.2, 0) is 14.8 Å². The summed E-state index contributed by atoms with van der Waals surface area (Å²) >= 11 is 0. The van der Waals surface area contributed by atoms with E-state index in [9.17, 15) is 13.2 Å². The molecule has 3 N–H and O–H groups in total. The topological polar surface area (TPSA) is 92.5 Å². The Balaban J connectivity index is 1.82. The number of nitrogens with two attached hydrogens (primary N) is 1. The summed E-state index contributed by atoms with van der Waals surface area (Å²) in [4.78, 5) is 12.3. The second-order valence-corrected chi connectivity index (χ2v) is 8.37. The van der Waals surface area contributed by atoms with Crippen LogP contribution in [-0.4, -0.2) is 50.1 Å². The molecule has 1 amide bonds. The third-order valence-electron chi connectivity index (χ3n) is 4.86. The second kappa shape index (κ2) is 7.07. The molecule has 0 aromatic rings. The van der Waals surface area contributed by atoms with Crippen molar-refractivity contribution in [2.45, 2.75) is 45.1 Å². The van der Waals surface area contributed by atoms with Crippen LogP contribution in [0, 0.1) is 11.8 Å². The molecule has 122 valence electrons. The molecule has 7 heteroatoms. The van der Waals surface area contributed by atoms with Crippen molar-refractivity contribution in [3.63, 3.8) is 0 Å². The summed E-state index contributed by atoms with van der Waals surface area (Å²) in [6.45, 7) is 3.25. The quantitative estimate of drug-likeness (QED) is 0.762. The van der Waals surface area contributed by atoms with E-state index in [2.05, 4.69) is 5.32 Å². The van der Waals surface area contributed by atoms with Gasteiger partial charge >= 0.3 is 0 Å². The van der Waals surface area contributed by atoms with Crippen molar-refractivity contribution < 1.29 is 13.2 Å². The minimum atomic E-state index is -3.10. The number of carbonyl (C=O) groups excluding carboxylic acids is 1. The van der Waals surface area contributed by atoms with Gasteiger partial charge in [0.15, 0.2) is 0 Å². The molecular formula is C14H27N3O3S. The summed E-state index contributed by atoms with van der Waals surface area (Å²) in [5, 5.41) is 3.10. The Morgan fingerprint density at radius 1 is 1.24 bits per heavy atom. The zero-order valence-electron chi connectivity index (χ0n) is 12.8. The number of rotatable bonds is 5. The van der Waals surface area contributed by atoms with Crippen LogP contribution in [0.15, 0.2) is 0 Å². The highest BCUT2D eigenvalue weighted by Gasteiger charge is 2.34. The largest absolute Gasteiger partial charge is 0.353 e. The normalized spacial score (nSPS) is 28.7. The summed E-state index contributed by atoms with van der Waals surface area (Å²) in [5.74, 6) is 0.613. The van der Waals surface area contributed by atoms with Crippen LogP contribution in [0.5, 0.6) is 0 Å². The molecule has 2 aliphatic rings. The van der Waals surface area contributed by atoms with Crippen LogP contribution in [0.2, 0.25) is 0 Å². The SMILES string of the molecule is CCS(=O)(=O)N1CCC(NC(=O)C2CCCC2CN)CC1. The minimum Gasteiger partial charge on any atom is -0.353 e. The highest BCUT2D eigenvalue weighted by Crippen LogP contribution is 2.31. The van der Waals surface area contributed by atoms with Crippen molar-refractivity contribution in [2.75, 3.05) is 25.4 Å². The molecule has 0 aromatic carbocycles. The van der Waals surface area contributed by atoms with Crippen LogP contribution in [0.1, 0.15) is 39.0 Å². The first-order valence-electron chi connectivity index (χ1n) is 7.96. The van der Waals surface area contributed by atoms with E-state index in [-0.39, 0.29) is 23.6 Å². The molecule has 1 aliphatic heterocycles. The average molecular weight is 317 g/mol. The maximum atomic E-state index is 12.3. The maximum Gasteiger partial charge on any atom is 0.223 e. The standard InChI is InChI=1S/C14H27N3O3S/c1-2-21(19,20)17-8-6-12(7-9-17)16-14(18)13-5-3-4-11(13)10-15/h11-13H,2-10,15H2,1H3,(H,16,18). The zero-order chi connectivity index (χ0) is 15.5. The highest BCUT2D eigenvalue weighted by molar-refractivity contribution is 7.89. The Labute approximate surface area is 127 Å². The van der Waals surface area contributed by atoms with Crippen LogP contribution in [0.25, 0.3) is 0 Å². The fraction of sp³-hybridized carbons (Fsp3) is 0.929. The number of carbonyl (C=O) groups is 1. The molecule has 6 nitrogen and oxygen atoms in total. The lowest BCUT2D eigenvalue weighted by Crippen LogP contribution is -2.48. The Hall–Kier alpha value is -0.660. The van der Waals surface area contributed by atoms with Crippen molar-refractivity contribution in [2.24, 2.45) is 17.6 Å². The summed E-state index contributed by atoms with van der Waals surface area (Å²) in [6, 6.07) is 0.0971. The van der Waals surface area contributed by atoms with Gasteiger partial charge < -0.3 is 11.1 Å². The Bertz CT molecular complexity index is 458. The fourth-order valence-electron chi connectivity index (χ4n) is 3.43. The van der Waals surface area contributed by atoms with Gasteiger partial charge in [0.05, 0.1) is 5.75 Å². The van der Waals surface area contributed by atoms with E-state index in [1.807, 2.05) is 0 Å². The van der Waals surface area contributed by atoms with Crippen LogP contribution in [0.4, 0.5) is 0 Å². The monoisotopic (exact) mass is 317 g/mol. The first-order chi connectivity index (χ1) is 9.97. The van der Waals surface area contributed by atoms with Gasteiger partial charge in [-0.1, -0.05) is 6.42 Å². The lowest BCUT2D eigenvalue weighted by Gasteiger charge is -2.32. The van der Waals surface area contributed by atoms with Crippen molar-refractivity contribution in [1.29, 1.82) is 0 Å². The molecule has 21 heavy (non-hydrogen) atoms. The Morgan fingerprint density at radius 3 is 2.48 bits per heavy atom. The lowest BCUT2D eigenvalue weighted by molar-refractivity contribution is -0.126. The van der Waals surface area contributed by atoms with Crippen molar-refractivity contribution >= 4 is 15.9 Å². The molecule has 1 saturated heterocycles. The van der Waals surface area contributed by atoms with Crippen LogP contribution in [0.3, 0.4) is 0 Å². The molecular weight excluding hydrogens is 290 g/mol. The molecule has 2 unspecified atom stereocenters. The van der Waals surface area contributed by atoms with Gasteiger partial charge in [0, 0.05) is 25.0 Å². The summed E-state index contributed by atoms with van der Waals surface area (Å²) in [7, 11) is -3.10. The summed E-state index contributed by atoms with van der Waals surface area (Å²) < 4.78 is 25.1. The molecule has 1 aliphatic carbocycles. The van der Waals surface area contributed by atoms with Gasteiger partial charge in [-0.15, -0.1) is 0 Å². The first-order valence-corrected chi connectivity index (χ1v) is 9.57. The van der Waals surface area contributed by atoms with Crippen LogP contribution >= 0.6 is 0 Å². The number of piperidine rings is 1. The number of hydrogen-bond donors (Lipinski definition) is 2. The number of sulfonamides is 1. The van der Waals surface area contributed by atoms with Crippen molar-refractivity contribution in [1.82, 2.24) is 9.62 Å².